The van der Waals surface area contributed by atoms with Crippen LogP contribution in [-0.2, 0) is 5.41 Å². The van der Waals surface area contributed by atoms with Crippen molar-refractivity contribution in [2.45, 2.75) is 5.41 Å². The molecule has 1 spiro atoms. The number of nitrogens with zero attached hydrogens (tertiary/aromatic N) is 4. The lowest BCUT2D eigenvalue weighted by Crippen LogP contribution is -2.36. The van der Waals surface area contributed by atoms with E-state index in [0.29, 0.717) is 0 Å². The van der Waals surface area contributed by atoms with E-state index in [4.69, 9.17) is 4.98 Å². The smallest absolute Gasteiger partial charge is 0.0963 e. The molecule has 45 heavy (non-hydrogen) atoms. The van der Waals surface area contributed by atoms with Crippen molar-refractivity contribution in [3.05, 3.63) is 180 Å². The summed E-state index contributed by atoms with van der Waals surface area (Å²) in [5, 5.41) is 1.12. The summed E-state index contributed by atoms with van der Waals surface area (Å²) in [6.07, 6.45) is 5.61. The first-order valence-electron chi connectivity index (χ1n) is 15.3. The Morgan fingerprint density at radius 3 is 1.78 bits per heavy atom. The highest BCUT2D eigenvalue weighted by Gasteiger charge is 2.51. The van der Waals surface area contributed by atoms with E-state index in [9.17, 15) is 0 Å². The second-order valence-corrected chi connectivity index (χ2v) is 11.8. The van der Waals surface area contributed by atoms with Gasteiger partial charge in [0.15, 0.2) is 0 Å². The molecular formula is C41H26N4. The average molecular weight is 575 g/mol. The van der Waals surface area contributed by atoms with Gasteiger partial charge in [0.2, 0.25) is 0 Å². The van der Waals surface area contributed by atoms with Crippen LogP contribution < -0.4 is 4.90 Å². The van der Waals surface area contributed by atoms with Crippen LogP contribution in [0.2, 0.25) is 0 Å². The number of rotatable bonds is 2. The molecule has 0 atom stereocenters. The monoisotopic (exact) mass is 574 g/mol. The van der Waals surface area contributed by atoms with Crippen LogP contribution >= 0.6 is 0 Å². The molecule has 0 saturated carbocycles. The molecule has 1 aliphatic carbocycles. The molecular weight excluding hydrogens is 548 g/mol. The minimum Gasteiger partial charge on any atom is -0.310 e. The highest BCUT2D eigenvalue weighted by Crippen LogP contribution is 2.63. The first kappa shape index (κ1) is 24.4. The number of hydrogen-bond acceptors (Lipinski definition) is 3. The topological polar surface area (TPSA) is 34.0 Å². The molecule has 0 saturated heterocycles. The summed E-state index contributed by atoms with van der Waals surface area (Å²) in [6.45, 7) is 0. The first-order valence-corrected chi connectivity index (χ1v) is 15.3. The maximum atomic E-state index is 4.81. The predicted molar refractivity (Wildman–Crippen MR) is 182 cm³/mol. The Hall–Kier alpha value is -6.00. The number of pyridine rings is 2. The number of fused-ring (bicyclic) bond motifs is 12. The third-order valence-corrected chi connectivity index (χ3v) is 9.72. The van der Waals surface area contributed by atoms with Gasteiger partial charge >= 0.3 is 0 Å². The third kappa shape index (κ3) is 3.10. The van der Waals surface area contributed by atoms with E-state index in [1.165, 1.54) is 44.8 Å². The van der Waals surface area contributed by atoms with E-state index < -0.39 is 5.41 Å². The van der Waals surface area contributed by atoms with Crippen LogP contribution in [0.5, 0.6) is 0 Å². The van der Waals surface area contributed by atoms with Crippen LogP contribution in [0.25, 0.3) is 38.8 Å². The molecule has 4 heteroatoms. The van der Waals surface area contributed by atoms with Crippen molar-refractivity contribution in [1.82, 2.24) is 14.5 Å². The van der Waals surface area contributed by atoms with E-state index in [0.717, 1.165) is 33.3 Å². The fraction of sp³-hybridized carbons (Fsp3) is 0.0244. The van der Waals surface area contributed by atoms with Crippen LogP contribution in [0.3, 0.4) is 0 Å². The van der Waals surface area contributed by atoms with Crippen LogP contribution in [0.15, 0.2) is 158 Å². The Morgan fingerprint density at radius 1 is 0.489 bits per heavy atom. The van der Waals surface area contributed by atoms with Gasteiger partial charge in [-0.3, -0.25) is 9.97 Å². The largest absolute Gasteiger partial charge is 0.310 e. The van der Waals surface area contributed by atoms with Gasteiger partial charge in [-0.25, -0.2) is 0 Å². The van der Waals surface area contributed by atoms with Gasteiger partial charge in [0.25, 0.3) is 0 Å². The Kier molecular flexibility index (Phi) is 4.89. The van der Waals surface area contributed by atoms with E-state index in [1.54, 1.807) is 0 Å². The van der Waals surface area contributed by atoms with Gasteiger partial charge in [0.05, 0.1) is 45.2 Å². The van der Waals surface area contributed by atoms with E-state index in [1.807, 2.05) is 30.7 Å². The molecule has 0 radical (unpaired) electrons. The molecule has 0 amide bonds. The van der Waals surface area contributed by atoms with Gasteiger partial charge in [0, 0.05) is 23.5 Å². The number of hydrogen-bond donors (Lipinski definition) is 0. The van der Waals surface area contributed by atoms with Gasteiger partial charge in [-0.05, 0) is 88.0 Å². The lowest BCUT2D eigenvalue weighted by molar-refractivity contribution is 0.752. The lowest BCUT2D eigenvalue weighted by Gasteiger charge is -2.45. The zero-order valence-electron chi connectivity index (χ0n) is 24.3. The standard InChI is InChI=1S/C41H26N4/c1-3-14-32-29(12-1)30-13-2-4-15-33(30)41(32)34-16-5-7-18-36(34)44(37-19-8-6-17-35(37)41)27-21-22-31-39(25-27)45(28-11-9-23-42-26-28)38-20-10-24-43-40(31)38/h1-26H. The summed E-state index contributed by atoms with van der Waals surface area (Å²) >= 11 is 0. The summed E-state index contributed by atoms with van der Waals surface area (Å²) in [5.41, 5.74) is 15.1. The molecule has 210 valence electrons. The zero-order chi connectivity index (χ0) is 29.5. The quantitative estimate of drug-likeness (QED) is 0.206. The molecule has 10 rings (SSSR count). The van der Waals surface area contributed by atoms with Gasteiger partial charge in [-0.2, -0.15) is 0 Å². The van der Waals surface area contributed by atoms with Crippen molar-refractivity contribution >= 4 is 39.0 Å². The van der Waals surface area contributed by atoms with E-state index >= 15 is 0 Å². The van der Waals surface area contributed by atoms with Crippen molar-refractivity contribution in [2.24, 2.45) is 0 Å². The Bertz CT molecular complexity index is 2360. The normalized spacial score (nSPS) is 13.9. The van der Waals surface area contributed by atoms with Crippen molar-refractivity contribution in [3.63, 3.8) is 0 Å². The molecule has 0 bridgehead atoms. The van der Waals surface area contributed by atoms with E-state index in [2.05, 4.69) is 142 Å². The molecule has 0 N–H and O–H groups in total. The second kappa shape index (κ2) is 9.01. The highest BCUT2D eigenvalue weighted by molar-refractivity contribution is 6.08. The predicted octanol–water partition coefficient (Wildman–Crippen LogP) is 9.72. The number of aromatic nitrogens is 3. The van der Waals surface area contributed by atoms with Gasteiger partial charge < -0.3 is 9.47 Å². The summed E-state index contributed by atoms with van der Waals surface area (Å²) < 4.78 is 2.28. The Morgan fingerprint density at radius 2 is 1.11 bits per heavy atom. The highest BCUT2D eigenvalue weighted by atomic mass is 15.2. The van der Waals surface area contributed by atoms with Crippen molar-refractivity contribution in [1.29, 1.82) is 0 Å². The Labute approximate surface area is 260 Å². The van der Waals surface area contributed by atoms with Crippen molar-refractivity contribution < 1.29 is 0 Å². The van der Waals surface area contributed by atoms with Gasteiger partial charge in [0.1, 0.15) is 0 Å². The van der Waals surface area contributed by atoms with Crippen LogP contribution in [0, 0.1) is 0 Å². The molecule has 2 aliphatic rings. The molecule has 0 fully saturated rings. The maximum absolute atomic E-state index is 4.81. The molecule has 3 aromatic heterocycles. The Balaban J connectivity index is 1.29. The summed E-state index contributed by atoms with van der Waals surface area (Å²) in [6, 6.07) is 50.8. The first-order chi connectivity index (χ1) is 22.4. The second-order valence-electron chi connectivity index (χ2n) is 11.8. The fourth-order valence-electron chi connectivity index (χ4n) is 8.06. The van der Waals surface area contributed by atoms with Crippen molar-refractivity contribution in [3.8, 4) is 16.8 Å². The summed E-state index contributed by atoms with van der Waals surface area (Å²) in [7, 11) is 0. The maximum Gasteiger partial charge on any atom is 0.0963 e. The summed E-state index contributed by atoms with van der Waals surface area (Å²) in [4.78, 5) is 11.7. The lowest BCUT2D eigenvalue weighted by atomic mass is 9.64. The van der Waals surface area contributed by atoms with E-state index in [-0.39, 0.29) is 0 Å². The third-order valence-electron chi connectivity index (χ3n) is 9.72. The number of anilines is 3. The number of benzene rings is 5. The molecule has 0 unspecified atom stereocenters. The average Bonchev–Trinajstić information content (AvgIpc) is 3.60. The molecule has 8 aromatic rings. The molecule has 1 aliphatic heterocycles. The minimum atomic E-state index is -0.421. The zero-order valence-corrected chi connectivity index (χ0v) is 24.3. The van der Waals surface area contributed by atoms with Gasteiger partial charge in [-0.1, -0.05) is 84.9 Å². The molecule has 4 nitrogen and oxygen atoms in total. The SMILES string of the molecule is c1cncc(-n2c3cc(N4c5ccccc5C5(c6ccccc6-c6ccccc65)c5ccccc54)ccc3c3ncccc32)c1. The van der Waals surface area contributed by atoms with Crippen LogP contribution in [-0.4, -0.2) is 14.5 Å². The molecule has 4 heterocycles. The molecule has 5 aromatic carbocycles. The van der Waals surface area contributed by atoms with Crippen LogP contribution in [0.4, 0.5) is 17.1 Å². The number of para-hydroxylation sites is 2. The van der Waals surface area contributed by atoms with Crippen LogP contribution in [0.1, 0.15) is 22.3 Å². The summed E-state index contributed by atoms with van der Waals surface area (Å²) in [5.74, 6) is 0. The fourth-order valence-corrected chi connectivity index (χ4v) is 8.06. The van der Waals surface area contributed by atoms with Crippen molar-refractivity contribution in [2.75, 3.05) is 4.90 Å². The minimum absolute atomic E-state index is 0.421. The van der Waals surface area contributed by atoms with Gasteiger partial charge in [-0.15, -0.1) is 0 Å².